The number of amidine groups is 1. The van der Waals surface area contributed by atoms with E-state index < -0.39 is 9.84 Å². The molecule has 1 aliphatic heterocycles. The second-order valence-electron chi connectivity index (χ2n) is 4.43. The Hall–Kier alpha value is -0.960. The van der Waals surface area contributed by atoms with E-state index in [2.05, 4.69) is 4.99 Å². The number of rotatable bonds is 4. The topological polar surface area (TPSA) is 92.1 Å². The van der Waals surface area contributed by atoms with Gasteiger partial charge in [-0.3, -0.25) is 10.2 Å². The van der Waals surface area contributed by atoms with Gasteiger partial charge in [-0.25, -0.2) is 18.5 Å². The fraction of sp³-hybridized carbons (Fsp3) is 0.667. The molecule has 0 spiro atoms. The molecular weight excluding hydrogens is 318 g/mol. The minimum absolute atomic E-state index is 0.000327. The lowest BCUT2D eigenvalue weighted by atomic mass is 10.3. The number of allylic oxidation sites excluding steroid dienone is 1. The van der Waals surface area contributed by atoms with Gasteiger partial charge in [0.05, 0.1) is 37.9 Å². The normalized spacial score (nSPS) is 18.5. The fourth-order valence-corrected chi connectivity index (χ4v) is 1.92. The third kappa shape index (κ3) is 6.56. The number of ether oxygens (including phenoxy) is 1. The van der Waals surface area contributed by atoms with E-state index in [1.54, 1.807) is 6.08 Å². The summed E-state index contributed by atoms with van der Waals surface area (Å²) in [7, 11) is -3.33. The van der Waals surface area contributed by atoms with Crippen molar-refractivity contribution in [2.75, 3.05) is 38.5 Å². The van der Waals surface area contributed by atoms with Crippen molar-refractivity contribution in [2.45, 2.75) is 13.3 Å². The molecule has 120 valence electrons. The molecule has 0 atom stereocenters. The first-order valence-electron chi connectivity index (χ1n) is 6.40. The van der Waals surface area contributed by atoms with Gasteiger partial charge in [-0.1, -0.05) is 6.08 Å². The van der Waals surface area contributed by atoms with E-state index in [9.17, 15) is 8.42 Å². The zero-order valence-electron chi connectivity index (χ0n) is 12.1. The van der Waals surface area contributed by atoms with Gasteiger partial charge in [0.25, 0.3) is 0 Å². The summed E-state index contributed by atoms with van der Waals surface area (Å²) in [6.07, 6.45) is 2.96. The summed E-state index contributed by atoms with van der Waals surface area (Å²) in [5.74, 6) is 0.319. The Morgan fingerprint density at radius 3 is 2.76 bits per heavy atom. The number of nitrogens with zero attached hydrogens (tertiary/aromatic N) is 2. The number of aliphatic imine (C=N–C) groups is 1. The molecular formula is C12H20ClN3O4S. The third-order valence-electron chi connectivity index (χ3n) is 2.72. The Bertz CT molecular complexity index is 523. The molecule has 0 aromatic heterocycles. The van der Waals surface area contributed by atoms with Gasteiger partial charge >= 0.3 is 0 Å². The van der Waals surface area contributed by atoms with Crippen LogP contribution in [0.1, 0.15) is 13.3 Å². The predicted octanol–water partition coefficient (Wildman–Crippen LogP) is 1.20. The lowest BCUT2D eigenvalue weighted by Crippen LogP contribution is -2.31. The van der Waals surface area contributed by atoms with Gasteiger partial charge < -0.3 is 4.74 Å². The number of halogens is 1. The summed E-state index contributed by atoms with van der Waals surface area (Å²) in [6, 6.07) is 0. The zero-order valence-corrected chi connectivity index (χ0v) is 13.7. The number of hydroxylamine groups is 2. The van der Waals surface area contributed by atoms with Crippen molar-refractivity contribution >= 4 is 32.3 Å². The molecule has 7 nitrogen and oxygen atoms in total. The van der Waals surface area contributed by atoms with Gasteiger partial charge in [-0.2, -0.15) is 0 Å². The Balaban J connectivity index is 2.69. The molecule has 0 unspecified atom stereocenters. The molecule has 1 rings (SSSR count). The van der Waals surface area contributed by atoms with E-state index in [0.717, 1.165) is 6.26 Å². The van der Waals surface area contributed by atoms with Gasteiger partial charge in [0.15, 0.2) is 9.84 Å². The van der Waals surface area contributed by atoms with E-state index in [1.165, 1.54) is 12.0 Å². The average molecular weight is 338 g/mol. The van der Waals surface area contributed by atoms with Crippen LogP contribution in [0.2, 0.25) is 0 Å². The highest BCUT2D eigenvalue weighted by molar-refractivity contribution is 8.05. The Kier molecular flexibility index (Phi) is 7.30. The van der Waals surface area contributed by atoms with Crippen LogP contribution in [-0.2, 0) is 19.4 Å². The average Bonchev–Trinajstić information content (AvgIpc) is 2.70. The maximum Gasteiger partial charge on any atom is 0.188 e. The molecule has 1 fully saturated rings. The van der Waals surface area contributed by atoms with Gasteiger partial charge in [0, 0.05) is 12.7 Å². The summed E-state index contributed by atoms with van der Waals surface area (Å²) in [6.45, 7) is 3.30. The summed E-state index contributed by atoms with van der Waals surface area (Å²) < 4.78 is 27.9. The Morgan fingerprint density at radius 2 is 2.14 bits per heavy atom. The van der Waals surface area contributed by atoms with Crippen molar-refractivity contribution < 1.29 is 18.0 Å². The second kappa shape index (κ2) is 8.47. The van der Waals surface area contributed by atoms with Crippen LogP contribution in [0, 0.1) is 5.41 Å². The predicted molar refractivity (Wildman–Crippen MR) is 82.6 cm³/mol. The zero-order chi connectivity index (χ0) is 15.9. The minimum atomic E-state index is -3.33. The molecule has 1 N–H and O–H groups in total. The van der Waals surface area contributed by atoms with Gasteiger partial charge in [0.2, 0.25) is 0 Å². The van der Waals surface area contributed by atoms with Crippen LogP contribution in [-0.4, -0.2) is 62.9 Å². The largest absolute Gasteiger partial charge is 0.377 e. The first kappa shape index (κ1) is 18.1. The van der Waals surface area contributed by atoms with Crippen molar-refractivity contribution in [1.29, 1.82) is 5.41 Å². The minimum Gasteiger partial charge on any atom is -0.377 e. The molecule has 0 radical (unpaired) electrons. The molecule has 9 heteroatoms. The third-order valence-corrected chi connectivity index (χ3v) is 4.16. The van der Waals surface area contributed by atoms with Crippen LogP contribution in [0.5, 0.6) is 0 Å². The number of nitrogens with one attached hydrogen (secondary N) is 1. The monoisotopic (exact) mass is 337 g/mol. The molecule has 0 aliphatic carbocycles. The van der Waals surface area contributed by atoms with Crippen molar-refractivity contribution in [3.8, 4) is 0 Å². The van der Waals surface area contributed by atoms with E-state index in [1.807, 2.05) is 0 Å². The van der Waals surface area contributed by atoms with E-state index in [4.69, 9.17) is 26.6 Å². The van der Waals surface area contributed by atoms with Crippen molar-refractivity contribution in [3.05, 3.63) is 11.8 Å². The number of alkyl halides is 1. The van der Waals surface area contributed by atoms with Crippen LogP contribution >= 0.6 is 11.6 Å². The first-order chi connectivity index (χ1) is 9.84. The molecule has 0 aromatic rings. The highest BCUT2D eigenvalue weighted by atomic mass is 35.5. The van der Waals surface area contributed by atoms with E-state index in [-0.39, 0.29) is 23.2 Å². The summed E-state index contributed by atoms with van der Waals surface area (Å²) in [5.41, 5.74) is 0.412. The summed E-state index contributed by atoms with van der Waals surface area (Å²) >= 11 is 5.75. The van der Waals surface area contributed by atoms with Gasteiger partial charge in [-0.05, 0) is 6.92 Å². The maximum absolute atomic E-state index is 11.3. The SMILES string of the molecule is C/C(=N/C(=C\CC(=N)N1CCOCCO1)CCl)S(C)(=O)=O. The Labute approximate surface area is 130 Å². The molecule has 0 amide bonds. The lowest BCUT2D eigenvalue weighted by molar-refractivity contribution is -0.0886. The molecule has 1 aliphatic rings. The second-order valence-corrected chi connectivity index (χ2v) is 6.83. The number of hydrogen-bond acceptors (Lipinski definition) is 6. The van der Waals surface area contributed by atoms with Crippen molar-refractivity contribution in [1.82, 2.24) is 5.06 Å². The van der Waals surface area contributed by atoms with Crippen LogP contribution in [0.3, 0.4) is 0 Å². The highest BCUT2D eigenvalue weighted by Crippen LogP contribution is 2.08. The maximum atomic E-state index is 11.3. The van der Waals surface area contributed by atoms with Crippen LogP contribution in [0.25, 0.3) is 0 Å². The Morgan fingerprint density at radius 1 is 1.43 bits per heavy atom. The van der Waals surface area contributed by atoms with Crippen molar-refractivity contribution in [2.24, 2.45) is 4.99 Å². The summed E-state index contributed by atoms with van der Waals surface area (Å²) in [5, 5.41) is 9.41. The summed E-state index contributed by atoms with van der Waals surface area (Å²) in [4.78, 5) is 9.33. The first-order valence-corrected chi connectivity index (χ1v) is 8.83. The quantitative estimate of drug-likeness (QED) is 0.473. The lowest BCUT2D eigenvalue weighted by Gasteiger charge is -2.20. The van der Waals surface area contributed by atoms with Crippen LogP contribution in [0.15, 0.2) is 16.8 Å². The van der Waals surface area contributed by atoms with Crippen molar-refractivity contribution in [3.63, 3.8) is 0 Å². The molecule has 1 heterocycles. The molecule has 0 saturated carbocycles. The van der Waals surface area contributed by atoms with E-state index >= 15 is 0 Å². The standard InChI is InChI=1S/C12H20ClN3O4S/c1-10(21(2,17)18)15-11(9-13)3-4-12(14)16-5-6-19-7-8-20-16/h3,14H,4-9H2,1-2H3/b11-3-,14-12?,15-10-. The molecule has 1 saturated heterocycles. The van der Waals surface area contributed by atoms with Gasteiger partial charge in [-0.15, -0.1) is 11.6 Å². The smallest absolute Gasteiger partial charge is 0.188 e. The van der Waals surface area contributed by atoms with Gasteiger partial charge in [0.1, 0.15) is 10.9 Å². The highest BCUT2D eigenvalue weighted by Gasteiger charge is 2.13. The number of sulfone groups is 1. The molecule has 21 heavy (non-hydrogen) atoms. The molecule has 0 aromatic carbocycles. The van der Waals surface area contributed by atoms with Crippen LogP contribution < -0.4 is 0 Å². The fourth-order valence-electron chi connectivity index (χ4n) is 1.46. The molecule has 0 bridgehead atoms. The van der Waals surface area contributed by atoms with E-state index in [0.29, 0.717) is 32.1 Å². The van der Waals surface area contributed by atoms with Crippen LogP contribution in [0.4, 0.5) is 0 Å². The number of hydrogen-bond donors (Lipinski definition) is 1.